The molecule has 0 heterocycles. The first-order chi connectivity index (χ1) is 7.34. The molecule has 0 spiro atoms. The molecule has 0 aliphatic heterocycles. The molecule has 0 amide bonds. The summed E-state index contributed by atoms with van der Waals surface area (Å²) in [6, 6.07) is 11.4. The average Bonchev–Trinajstić information content (AvgIpc) is 2.28. The van der Waals surface area contributed by atoms with E-state index in [4.69, 9.17) is 0 Å². The van der Waals surface area contributed by atoms with Crippen molar-refractivity contribution >= 4 is 0 Å². The molecule has 1 aliphatic rings. The normalized spacial score (nSPS) is 26.5. The molecule has 1 aromatic carbocycles. The van der Waals surface area contributed by atoms with Gasteiger partial charge in [-0.3, -0.25) is 0 Å². The minimum Gasteiger partial charge on any atom is -0.310 e. The van der Waals surface area contributed by atoms with Gasteiger partial charge < -0.3 is 5.32 Å². The first-order valence-corrected chi connectivity index (χ1v) is 6.12. The zero-order valence-electron chi connectivity index (χ0n) is 9.58. The summed E-state index contributed by atoms with van der Waals surface area (Å²) >= 11 is 0. The zero-order valence-corrected chi connectivity index (χ0v) is 9.58. The molecule has 1 aromatic rings. The minimum atomic E-state index is 0.744. The third kappa shape index (κ3) is 3.35. The Morgan fingerprint density at radius 3 is 2.73 bits per heavy atom. The highest BCUT2D eigenvalue weighted by Crippen LogP contribution is 2.23. The topological polar surface area (TPSA) is 12.0 Å². The van der Waals surface area contributed by atoms with Crippen LogP contribution in [0, 0.1) is 5.92 Å². The van der Waals surface area contributed by atoms with Crippen LogP contribution < -0.4 is 5.32 Å². The first kappa shape index (κ1) is 10.7. The lowest BCUT2D eigenvalue weighted by molar-refractivity contribution is 0.300. The third-order valence-corrected chi connectivity index (χ3v) is 3.37. The Morgan fingerprint density at radius 1 is 1.20 bits per heavy atom. The molecule has 2 rings (SSSR count). The van der Waals surface area contributed by atoms with Gasteiger partial charge in [-0.2, -0.15) is 0 Å². The van der Waals surface area contributed by atoms with E-state index in [0.29, 0.717) is 0 Å². The van der Waals surface area contributed by atoms with Crippen LogP contribution in [0.2, 0.25) is 0 Å². The maximum atomic E-state index is 3.67. The summed E-state index contributed by atoms with van der Waals surface area (Å²) in [5.41, 5.74) is 1.40. The maximum absolute atomic E-state index is 3.67. The second-order valence-electron chi connectivity index (χ2n) is 4.84. The van der Waals surface area contributed by atoms with E-state index in [2.05, 4.69) is 42.6 Å². The van der Waals surface area contributed by atoms with Gasteiger partial charge >= 0.3 is 0 Å². The first-order valence-electron chi connectivity index (χ1n) is 6.12. The zero-order chi connectivity index (χ0) is 10.5. The molecular weight excluding hydrogens is 182 g/mol. The predicted octanol–water partition coefficient (Wildman–Crippen LogP) is 3.35. The monoisotopic (exact) mass is 203 g/mol. The second-order valence-corrected chi connectivity index (χ2v) is 4.84. The van der Waals surface area contributed by atoms with E-state index >= 15 is 0 Å². The molecule has 2 atom stereocenters. The summed E-state index contributed by atoms with van der Waals surface area (Å²) in [5, 5.41) is 3.67. The van der Waals surface area contributed by atoms with Gasteiger partial charge in [0.2, 0.25) is 0 Å². The molecule has 0 bridgehead atoms. The van der Waals surface area contributed by atoms with E-state index in [9.17, 15) is 0 Å². The number of nitrogens with one attached hydrogen (secondary N) is 1. The predicted molar refractivity (Wildman–Crippen MR) is 64.7 cm³/mol. The Labute approximate surface area is 92.9 Å². The van der Waals surface area contributed by atoms with Gasteiger partial charge in [-0.25, -0.2) is 0 Å². The third-order valence-electron chi connectivity index (χ3n) is 3.37. The van der Waals surface area contributed by atoms with Gasteiger partial charge in [0.25, 0.3) is 0 Å². The van der Waals surface area contributed by atoms with Crippen molar-refractivity contribution in [1.82, 2.24) is 5.32 Å². The van der Waals surface area contributed by atoms with Crippen molar-refractivity contribution in [1.29, 1.82) is 0 Å². The number of benzene rings is 1. The van der Waals surface area contributed by atoms with Gasteiger partial charge in [0.15, 0.2) is 0 Å². The van der Waals surface area contributed by atoms with Crippen molar-refractivity contribution in [2.45, 2.75) is 45.2 Å². The van der Waals surface area contributed by atoms with Crippen LogP contribution in [0.4, 0.5) is 0 Å². The summed E-state index contributed by atoms with van der Waals surface area (Å²) in [6.07, 6.45) is 5.53. The van der Waals surface area contributed by atoms with Gasteiger partial charge in [-0.05, 0) is 24.3 Å². The van der Waals surface area contributed by atoms with E-state index in [1.807, 2.05) is 0 Å². The Kier molecular flexibility index (Phi) is 3.79. The molecule has 0 aromatic heterocycles. The smallest absolute Gasteiger partial charge is 0.0208 e. The van der Waals surface area contributed by atoms with Crippen LogP contribution in [0.15, 0.2) is 30.3 Å². The summed E-state index contributed by atoms with van der Waals surface area (Å²) in [4.78, 5) is 0. The fourth-order valence-electron chi connectivity index (χ4n) is 2.48. The van der Waals surface area contributed by atoms with E-state index in [1.165, 1.54) is 31.2 Å². The molecule has 82 valence electrons. The molecular formula is C14H21N. The summed E-state index contributed by atoms with van der Waals surface area (Å²) in [6.45, 7) is 3.40. The molecule has 1 saturated carbocycles. The van der Waals surface area contributed by atoms with Crippen LogP contribution in [0.1, 0.15) is 38.2 Å². The Bertz CT molecular complexity index is 281. The quantitative estimate of drug-likeness (QED) is 0.794. The summed E-state index contributed by atoms with van der Waals surface area (Å²) < 4.78 is 0. The molecule has 1 fully saturated rings. The van der Waals surface area contributed by atoms with E-state index < -0.39 is 0 Å². The van der Waals surface area contributed by atoms with Crippen molar-refractivity contribution in [3.05, 3.63) is 35.9 Å². The number of hydrogen-bond donors (Lipinski definition) is 1. The highest BCUT2D eigenvalue weighted by Gasteiger charge is 2.17. The Balaban J connectivity index is 1.78. The minimum absolute atomic E-state index is 0.744. The van der Waals surface area contributed by atoms with Crippen molar-refractivity contribution in [2.75, 3.05) is 0 Å². The van der Waals surface area contributed by atoms with E-state index in [1.54, 1.807) is 0 Å². The molecule has 0 saturated heterocycles. The molecule has 1 nitrogen and oxygen atoms in total. The van der Waals surface area contributed by atoms with Gasteiger partial charge in [-0.1, -0.05) is 50.1 Å². The lowest BCUT2D eigenvalue weighted by Crippen LogP contribution is -2.33. The van der Waals surface area contributed by atoms with Crippen LogP contribution >= 0.6 is 0 Å². The van der Waals surface area contributed by atoms with Crippen LogP contribution in [0.5, 0.6) is 0 Å². The Hall–Kier alpha value is -0.820. The summed E-state index contributed by atoms with van der Waals surface area (Å²) in [7, 11) is 0. The van der Waals surface area contributed by atoms with Gasteiger partial charge in [0, 0.05) is 12.6 Å². The highest BCUT2D eigenvalue weighted by atomic mass is 14.9. The fraction of sp³-hybridized carbons (Fsp3) is 0.571. The van der Waals surface area contributed by atoms with E-state index in [-0.39, 0.29) is 0 Å². The lowest BCUT2D eigenvalue weighted by atomic mass is 9.87. The highest BCUT2D eigenvalue weighted by molar-refractivity contribution is 5.14. The maximum Gasteiger partial charge on any atom is 0.0208 e. The molecule has 1 N–H and O–H groups in total. The van der Waals surface area contributed by atoms with Gasteiger partial charge in [0.1, 0.15) is 0 Å². The Morgan fingerprint density at radius 2 is 2.00 bits per heavy atom. The van der Waals surface area contributed by atoms with Crippen molar-refractivity contribution in [3.8, 4) is 0 Å². The van der Waals surface area contributed by atoms with Gasteiger partial charge in [0.05, 0.1) is 0 Å². The van der Waals surface area contributed by atoms with E-state index in [0.717, 1.165) is 18.5 Å². The van der Waals surface area contributed by atoms with Crippen molar-refractivity contribution in [2.24, 2.45) is 5.92 Å². The molecule has 0 radical (unpaired) electrons. The van der Waals surface area contributed by atoms with Crippen LogP contribution in [0.25, 0.3) is 0 Å². The molecule has 1 heteroatoms. The fourth-order valence-corrected chi connectivity index (χ4v) is 2.48. The average molecular weight is 203 g/mol. The van der Waals surface area contributed by atoms with Crippen LogP contribution in [-0.2, 0) is 6.54 Å². The lowest BCUT2D eigenvalue weighted by Gasteiger charge is -2.27. The van der Waals surface area contributed by atoms with Crippen molar-refractivity contribution in [3.63, 3.8) is 0 Å². The largest absolute Gasteiger partial charge is 0.310 e. The number of hydrogen-bond acceptors (Lipinski definition) is 1. The molecule has 1 aliphatic carbocycles. The number of rotatable bonds is 3. The molecule has 0 unspecified atom stereocenters. The van der Waals surface area contributed by atoms with Crippen molar-refractivity contribution < 1.29 is 0 Å². The second kappa shape index (κ2) is 5.32. The SMILES string of the molecule is C[C@@H]1CCC[C@H](NCc2ccccc2)C1. The van der Waals surface area contributed by atoms with Gasteiger partial charge in [-0.15, -0.1) is 0 Å². The summed E-state index contributed by atoms with van der Waals surface area (Å²) in [5.74, 6) is 0.909. The van der Waals surface area contributed by atoms with Crippen LogP contribution in [-0.4, -0.2) is 6.04 Å². The standard InChI is InChI=1S/C14H21N/c1-12-6-5-9-14(10-12)15-11-13-7-3-2-4-8-13/h2-4,7-8,12,14-15H,5-6,9-11H2,1H3/t12-,14+/m1/s1. The molecule has 15 heavy (non-hydrogen) atoms. The van der Waals surface area contributed by atoms with Crippen LogP contribution in [0.3, 0.4) is 0 Å².